The summed E-state index contributed by atoms with van der Waals surface area (Å²) in [5, 5.41) is 13.2. The fourth-order valence-corrected chi connectivity index (χ4v) is 5.31. The number of nitrogens with zero attached hydrogens (tertiary/aromatic N) is 3. The molecule has 1 aromatic heterocycles. The Hall–Kier alpha value is -3.56. The van der Waals surface area contributed by atoms with Crippen LogP contribution in [0.3, 0.4) is 0 Å². The van der Waals surface area contributed by atoms with Gasteiger partial charge < -0.3 is 25.2 Å². The molecule has 2 saturated heterocycles. The Morgan fingerprint density at radius 2 is 1.85 bits per heavy atom. The SMILES string of the molecule is CC(C)(Oc1cccc(N2CCCC(C(=O)NCc3ccc(-c4cn[nH]c4)cc3)C2)c1)C(=O)N1CCNCC1.Cl. The van der Waals surface area contributed by atoms with Crippen molar-refractivity contribution in [3.05, 3.63) is 66.5 Å². The lowest BCUT2D eigenvalue weighted by Gasteiger charge is -2.36. The van der Waals surface area contributed by atoms with Gasteiger partial charge in [-0.05, 0) is 49.9 Å². The first-order valence-electron chi connectivity index (χ1n) is 13.8. The highest BCUT2D eigenvalue weighted by Gasteiger charge is 2.35. The van der Waals surface area contributed by atoms with Crippen LogP contribution >= 0.6 is 12.4 Å². The number of anilines is 1. The monoisotopic (exact) mass is 566 g/mol. The lowest BCUT2D eigenvalue weighted by Crippen LogP contribution is -2.54. The quantitative estimate of drug-likeness (QED) is 0.385. The third-order valence-electron chi connectivity index (χ3n) is 7.52. The molecule has 0 spiro atoms. The number of amides is 2. The number of carbonyl (C=O) groups is 2. The average Bonchev–Trinajstić information content (AvgIpc) is 3.51. The number of aromatic amines is 1. The molecule has 0 bridgehead atoms. The molecule has 2 aromatic carbocycles. The highest BCUT2D eigenvalue weighted by molar-refractivity contribution is 5.85. The Morgan fingerprint density at radius 1 is 1.07 bits per heavy atom. The van der Waals surface area contributed by atoms with Crippen LogP contribution in [0.5, 0.6) is 5.75 Å². The highest BCUT2D eigenvalue weighted by Crippen LogP contribution is 2.29. The Kier molecular flexibility index (Phi) is 9.71. The van der Waals surface area contributed by atoms with Crippen molar-refractivity contribution in [3.63, 3.8) is 0 Å². The molecule has 3 heterocycles. The first-order valence-corrected chi connectivity index (χ1v) is 13.8. The number of piperazine rings is 1. The summed E-state index contributed by atoms with van der Waals surface area (Å²) >= 11 is 0. The second-order valence-electron chi connectivity index (χ2n) is 10.8. The van der Waals surface area contributed by atoms with Crippen molar-refractivity contribution >= 4 is 29.9 Å². The van der Waals surface area contributed by atoms with E-state index in [1.807, 2.05) is 73.5 Å². The van der Waals surface area contributed by atoms with Crippen molar-refractivity contribution in [2.24, 2.45) is 5.92 Å². The molecule has 0 aliphatic carbocycles. The van der Waals surface area contributed by atoms with Gasteiger partial charge >= 0.3 is 0 Å². The van der Waals surface area contributed by atoms with Gasteiger partial charge in [-0.1, -0.05) is 30.3 Å². The van der Waals surface area contributed by atoms with E-state index < -0.39 is 5.60 Å². The predicted molar refractivity (Wildman–Crippen MR) is 159 cm³/mol. The minimum absolute atomic E-state index is 0. The van der Waals surface area contributed by atoms with Gasteiger partial charge in [0, 0.05) is 69.3 Å². The van der Waals surface area contributed by atoms with Gasteiger partial charge in [-0.25, -0.2) is 0 Å². The number of halogens is 1. The summed E-state index contributed by atoms with van der Waals surface area (Å²) in [6.07, 6.45) is 5.46. The molecule has 0 saturated carbocycles. The lowest BCUT2D eigenvalue weighted by atomic mass is 9.96. The third kappa shape index (κ3) is 7.14. The fourth-order valence-electron chi connectivity index (χ4n) is 5.31. The predicted octanol–water partition coefficient (Wildman–Crippen LogP) is 3.62. The molecule has 214 valence electrons. The van der Waals surface area contributed by atoms with E-state index in [9.17, 15) is 9.59 Å². The van der Waals surface area contributed by atoms with Gasteiger partial charge in [0.1, 0.15) is 5.75 Å². The molecule has 1 atom stereocenters. The van der Waals surface area contributed by atoms with Gasteiger partial charge in [-0.15, -0.1) is 12.4 Å². The smallest absolute Gasteiger partial charge is 0.266 e. The van der Waals surface area contributed by atoms with E-state index in [0.717, 1.165) is 54.9 Å². The Morgan fingerprint density at radius 3 is 2.58 bits per heavy atom. The van der Waals surface area contributed by atoms with E-state index in [1.54, 1.807) is 6.20 Å². The lowest BCUT2D eigenvalue weighted by molar-refractivity contribution is -0.146. The van der Waals surface area contributed by atoms with Gasteiger partial charge in [0.05, 0.1) is 12.1 Å². The van der Waals surface area contributed by atoms with Crippen LogP contribution in [0, 0.1) is 5.92 Å². The van der Waals surface area contributed by atoms with Crippen molar-refractivity contribution < 1.29 is 14.3 Å². The summed E-state index contributed by atoms with van der Waals surface area (Å²) in [4.78, 5) is 30.2. The number of H-pyrrole nitrogens is 1. The van der Waals surface area contributed by atoms with Gasteiger partial charge in [0.15, 0.2) is 5.60 Å². The van der Waals surface area contributed by atoms with E-state index in [4.69, 9.17) is 4.74 Å². The van der Waals surface area contributed by atoms with Crippen molar-refractivity contribution in [2.45, 2.75) is 38.8 Å². The Balaban J connectivity index is 0.00000370. The molecule has 2 fully saturated rings. The Bertz CT molecular complexity index is 1260. The van der Waals surface area contributed by atoms with Crippen LogP contribution in [0.1, 0.15) is 32.3 Å². The topological polar surface area (TPSA) is 103 Å². The van der Waals surface area contributed by atoms with Crippen molar-refractivity contribution in [1.82, 2.24) is 25.7 Å². The maximum atomic E-state index is 13.1. The molecule has 2 amide bonds. The molecular weight excluding hydrogens is 528 g/mol. The molecule has 2 aliphatic heterocycles. The zero-order valence-electron chi connectivity index (χ0n) is 23.2. The zero-order valence-corrected chi connectivity index (χ0v) is 24.0. The molecule has 5 rings (SSSR count). The number of carbonyl (C=O) groups excluding carboxylic acids is 2. The molecule has 2 aliphatic rings. The highest BCUT2D eigenvalue weighted by atomic mass is 35.5. The molecule has 0 radical (unpaired) electrons. The first kappa shape index (κ1) is 29.4. The van der Waals surface area contributed by atoms with Crippen LogP contribution in [-0.4, -0.2) is 71.8 Å². The van der Waals surface area contributed by atoms with Crippen LogP contribution in [0.25, 0.3) is 11.1 Å². The summed E-state index contributed by atoms with van der Waals surface area (Å²) < 4.78 is 6.22. The second-order valence-corrected chi connectivity index (χ2v) is 10.8. The summed E-state index contributed by atoms with van der Waals surface area (Å²) in [7, 11) is 0. The number of hydrogen-bond donors (Lipinski definition) is 3. The zero-order chi connectivity index (χ0) is 27.2. The third-order valence-corrected chi connectivity index (χ3v) is 7.52. The maximum Gasteiger partial charge on any atom is 0.266 e. The summed E-state index contributed by atoms with van der Waals surface area (Å²) in [6.45, 7) is 8.69. The second kappa shape index (κ2) is 13.2. The molecule has 1 unspecified atom stereocenters. The number of ether oxygens (including phenoxy) is 1. The largest absolute Gasteiger partial charge is 0.478 e. The summed E-state index contributed by atoms with van der Waals surface area (Å²) in [6, 6.07) is 16.0. The molecule has 3 aromatic rings. The van der Waals surface area contributed by atoms with Crippen LogP contribution < -0.4 is 20.3 Å². The van der Waals surface area contributed by atoms with Crippen molar-refractivity contribution in [1.29, 1.82) is 0 Å². The maximum absolute atomic E-state index is 13.1. The van der Waals surface area contributed by atoms with Gasteiger partial charge in [0.25, 0.3) is 5.91 Å². The standard InChI is InChI=1S/C30H38N6O3.ClH/c1-30(2,29(38)35-15-12-31-13-16-35)39-27-7-3-6-26(17-27)36-14-4-5-24(21-36)28(37)32-18-22-8-10-23(11-9-22)25-19-33-34-20-25;/h3,6-11,17,19-20,24,31H,4-5,12-16,18,21H2,1-2H3,(H,32,37)(H,33,34);1H. The van der Waals surface area contributed by atoms with Crippen molar-refractivity contribution in [2.75, 3.05) is 44.2 Å². The van der Waals surface area contributed by atoms with E-state index in [2.05, 4.69) is 25.7 Å². The minimum atomic E-state index is -0.961. The summed E-state index contributed by atoms with van der Waals surface area (Å²) in [5.41, 5.74) is 3.23. The normalized spacial score (nSPS) is 17.6. The van der Waals surface area contributed by atoms with E-state index in [0.29, 0.717) is 31.9 Å². The molecule has 3 N–H and O–H groups in total. The summed E-state index contributed by atoms with van der Waals surface area (Å²) in [5.74, 6) is 0.652. The van der Waals surface area contributed by atoms with E-state index in [-0.39, 0.29) is 30.1 Å². The number of piperidine rings is 1. The van der Waals surface area contributed by atoms with E-state index >= 15 is 0 Å². The fraction of sp³-hybridized carbons (Fsp3) is 0.433. The number of aromatic nitrogens is 2. The number of benzene rings is 2. The van der Waals surface area contributed by atoms with Crippen LogP contribution in [-0.2, 0) is 16.1 Å². The van der Waals surface area contributed by atoms with Crippen LogP contribution in [0.15, 0.2) is 60.9 Å². The van der Waals surface area contributed by atoms with E-state index in [1.165, 1.54) is 0 Å². The van der Waals surface area contributed by atoms with Gasteiger partial charge in [-0.3, -0.25) is 14.7 Å². The van der Waals surface area contributed by atoms with Crippen molar-refractivity contribution in [3.8, 4) is 16.9 Å². The first-order chi connectivity index (χ1) is 18.9. The molecule has 10 heteroatoms. The minimum Gasteiger partial charge on any atom is -0.478 e. The van der Waals surface area contributed by atoms with Crippen LogP contribution in [0.4, 0.5) is 5.69 Å². The Labute approximate surface area is 242 Å². The number of rotatable bonds is 8. The molecule has 9 nitrogen and oxygen atoms in total. The van der Waals surface area contributed by atoms with Gasteiger partial charge in [-0.2, -0.15) is 5.10 Å². The van der Waals surface area contributed by atoms with Crippen LogP contribution in [0.2, 0.25) is 0 Å². The molecular formula is C30H39ClN6O3. The number of nitrogens with one attached hydrogen (secondary N) is 3. The van der Waals surface area contributed by atoms with Gasteiger partial charge in [0.2, 0.25) is 5.91 Å². The average molecular weight is 567 g/mol. The molecule has 40 heavy (non-hydrogen) atoms. The number of hydrogen-bond acceptors (Lipinski definition) is 6.